The number of hydrogen-bond donors (Lipinski definition) is 0. The van der Waals surface area contributed by atoms with E-state index in [2.05, 4.69) is 15.5 Å². The summed E-state index contributed by atoms with van der Waals surface area (Å²) in [5.74, 6) is 0.298. The van der Waals surface area contributed by atoms with Crippen molar-refractivity contribution in [1.82, 2.24) is 25.1 Å². The molecule has 1 heterocycles. The maximum Gasteiger partial charge on any atom is 0.198 e. The van der Waals surface area contributed by atoms with E-state index < -0.39 is 0 Å². The minimum Gasteiger partial charge on any atom is -0.383 e. The van der Waals surface area contributed by atoms with Gasteiger partial charge in [0.15, 0.2) is 11.6 Å². The summed E-state index contributed by atoms with van der Waals surface area (Å²) in [6, 6.07) is 17.0. The molecule has 1 aromatic heterocycles. The molecule has 0 fully saturated rings. The summed E-state index contributed by atoms with van der Waals surface area (Å²) < 4.78 is 1.57. The fourth-order valence-corrected chi connectivity index (χ4v) is 2.55. The Morgan fingerprint density at radius 1 is 1.04 bits per heavy atom. The van der Waals surface area contributed by atoms with Crippen LogP contribution in [-0.2, 0) is 0 Å². The topological polar surface area (TPSA) is 63.9 Å². The first-order chi connectivity index (χ1) is 12.1. The number of ketones is 1. The van der Waals surface area contributed by atoms with Crippen molar-refractivity contribution < 1.29 is 4.79 Å². The fraction of sp³-hybridized carbons (Fsp3) is 0.158. The number of tetrazole rings is 1. The molecular weight excluding hydrogens is 314 g/mol. The van der Waals surface area contributed by atoms with Crippen LogP contribution < -0.4 is 0 Å². The normalized spacial score (nSPS) is 11.4. The van der Waals surface area contributed by atoms with Crippen LogP contribution in [0, 0.1) is 6.92 Å². The standard InChI is InChI=1S/C19H19N5O/c1-14-9-7-8-12-16(14)18(25)17(13-23(2)3)19-20-21-22-24(19)15-10-5-4-6-11-15/h4-13H,1-3H3/b17-13-. The summed E-state index contributed by atoms with van der Waals surface area (Å²) in [6.45, 7) is 1.92. The van der Waals surface area contributed by atoms with E-state index in [0.717, 1.165) is 11.3 Å². The van der Waals surface area contributed by atoms with Crippen LogP contribution in [0.25, 0.3) is 11.3 Å². The molecule has 6 heteroatoms. The Morgan fingerprint density at radius 3 is 2.40 bits per heavy atom. The zero-order chi connectivity index (χ0) is 17.8. The molecule has 0 atom stereocenters. The predicted molar refractivity (Wildman–Crippen MR) is 96.3 cm³/mol. The van der Waals surface area contributed by atoms with Crippen molar-refractivity contribution in [3.05, 3.63) is 77.7 Å². The summed E-state index contributed by atoms with van der Waals surface area (Å²) in [4.78, 5) is 15.0. The van der Waals surface area contributed by atoms with Crippen LogP contribution in [0.1, 0.15) is 21.7 Å². The molecule has 3 aromatic rings. The maximum absolute atomic E-state index is 13.2. The van der Waals surface area contributed by atoms with E-state index in [4.69, 9.17) is 0 Å². The highest BCUT2D eigenvalue weighted by Crippen LogP contribution is 2.22. The number of rotatable bonds is 5. The molecule has 0 radical (unpaired) electrons. The van der Waals surface area contributed by atoms with Crippen molar-refractivity contribution in [2.45, 2.75) is 6.92 Å². The predicted octanol–water partition coefficient (Wildman–Crippen LogP) is 2.76. The molecule has 0 aliphatic rings. The zero-order valence-electron chi connectivity index (χ0n) is 14.4. The minimum absolute atomic E-state index is 0.112. The van der Waals surface area contributed by atoms with Gasteiger partial charge < -0.3 is 4.90 Å². The lowest BCUT2D eigenvalue weighted by molar-refractivity contribution is 0.105. The first-order valence-corrected chi connectivity index (χ1v) is 7.90. The number of aromatic nitrogens is 4. The molecule has 0 bridgehead atoms. The maximum atomic E-state index is 13.2. The van der Waals surface area contributed by atoms with E-state index in [0.29, 0.717) is 17.0 Å². The van der Waals surface area contributed by atoms with E-state index in [1.165, 1.54) is 0 Å². The van der Waals surface area contributed by atoms with Crippen molar-refractivity contribution >= 4 is 11.4 Å². The number of hydrogen-bond acceptors (Lipinski definition) is 5. The zero-order valence-corrected chi connectivity index (χ0v) is 14.4. The first kappa shape index (κ1) is 16.6. The number of nitrogens with zero attached hydrogens (tertiary/aromatic N) is 5. The second-order valence-electron chi connectivity index (χ2n) is 5.90. The van der Waals surface area contributed by atoms with E-state index in [1.807, 2.05) is 80.5 Å². The summed E-state index contributed by atoms with van der Waals surface area (Å²) in [5, 5.41) is 11.9. The van der Waals surface area contributed by atoms with Crippen LogP contribution in [0.4, 0.5) is 0 Å². The smallest absolute Gasteiger partial charge is 0.198 e. The number of para-hydroxylation sites is 1. The third-order valence-electron chi connectivity index (χ3n) is 3.73. The summed E-state index contributed by atoms with van der Waals surface area (Å²) in [6.07, 6.45) is 1.75. The molecule has 0 saturated carbocycles. The van der Waals surface area contributed by atoms with E-state index in [-0.39, 0.29) is 5.78 Å². The van der Waals surface area contributed by atoms with Gasteiger partial charge in [-0.1, -0.05) is 42.5 Å². The SMILES string of the molecule is Cc1ccccc1C(=O)/C(=C/N(C)C)c1nnnn1-c1ccccc1. The number of aryl methyl sites for hydroxylation is 1. The van der Waals surface area contributed by atoms with Gasteiger partial charge in [0.1, 0.15) is 0 Å². The highest BCUT2D eigenvalue weighted by atomic mass is 16.1. The van der Waals surface area contributed by atoms with Crippen molar-refractivity contribution in [1.29, 1.82) is 0 Å². The van der Waals surface area contributed by atoms with Gasteiger partial charge in [-0.3, -0.25) is 4.79 Å². The average molecular weight is 333 g/mol. The third kappa shape index (κ3) is 3.47. The Hall–Kier alpha value is -3.28. The molecule has 0 saturated heterocycles. The van der Waals surface area contributed by atoms with Gasteiger partial charge in [-0.15, -0.1) is 5.10 Å². The first-order valence-electron chi connectivity index (χ1n) is 7.90. The number of carbonyl (C=O) groups excluding carboxylic acids is 1. The molecule has 0 N–H and O–H groups in total. The quantitative estimate of drug-likeness (QED) is 0.531. The van der Waals surface area contributed by atoms with Crippen LogP contribution in [0.2, 0.25) is 0 Å². The lowest BCUT2D eigenvalue weighted by atomic mass is 9.99. The molecule has 25 heavy (non-hydrogen) atoms. The number of carbonyl (C=O) groups is 1. The monoisotopic (exact) mass is 333 g/mol. The molecule has 6 nitrogen and oxygen atoms in total. The fourth-order valence-electron chi connectivity index (χ4n) is 2.55. The Kier molecular flexibility index (Phi) is 4.70. The molecule has 0 aliphatic heterocycles. The molecule has 0 amide bonds. The average Bonchev–Trinajstić information content (AvgIpc) is 3.09. The molecule has 2 aromatic carbocycles. The van der Waals surface area contributed by atoms with Gasteiger partial charge in [-0.25, -0.2) is 0 Å². The molecule has 126 valence electrons. The Bertz CT molecular complexity index is 912. The Balaban J connectivity index is 2.12. The van der Waals surface area contributed by atoms with Crippen LogP contribution >= 0.6 is 0 Å². The Morgan fingerprint density at radius 2 is 1.72 bits per heavy atom. The van der Waals surface area contributed by atoms with E-state index in [1.54, 1.807) is 10.9 Å². The molecule has 3 rings (SSSR count). The number of benzene rings is 2. The van der Waals surface area contributed by atoms with Crippen LogP contribution in [0.3, 0.4) is 0 Å². The van der Waals surface area contributed by atoms with Gasteiger partial charge in [-0.05, 0) is 35.0 Å². The molecular formula is C19H19N5O. The van der Waals surface area contributed by atoms with Gasteiger partial charge in [0.25, 0.3) is 0 Å². The lowest BCUT2D eigenvalue weighted by Gasteiger charge is -2.12. The van der Waals surface area contributed by atoms with Crippen LogP contribution in [0.5, 0.6) is 0 Å². The summed E-state index contributed by atoms with van der Waals surface area (Å²) >= 11 is 0. The van der Waals surface area contributed by atoms with Gasteiger partial charge >= 0.3 is 0 Å². The minimum atomic E-state index is -0.112. The van der Waals surface area contributed by atoms with Gasteiger partial charge in [-0.2, -0.15) is 4.68 Å². The van der Waals surface area contributed by atoms with Crippen LogP contribution in [-0.4, -0.2) is 45.0 Å². The summed E-state index contributed by atoms with van der Waals surface area (Å²) in [7, 11) is 3.73. The van der Waals surface area contributed by atoms with E-state index in [9.17, 15) is 4.79 Å². The van der Waals surface area contributed by atoms with Gasteiger partial charge in [0, 0.05) is 25.9 Å². The summed E-state index contributed by atoms with van der Waals surface area (Å²) in [5.41, 5.74) is 2.78. The lowest BCUT2D eigenvalue weighted by Crippen LogP contribution is -2.14. The second kappa shape index (κ2) is 7.09. The largest absolute Gasteiger partial charge is 0.383 e. The van der Waals surface area contributed by atoms with Crippen molar-refractivity contribution in [3.8, 4) is 5.69 Å². The highest BCUT2D eigenvalue weighted by molar-refractivity contribution is 6.28. The van der Waals surface area contributed by atoms with Crippen LogP contribution in [0.15, 0.2) is 60.8 Å². The third-order valence-corrected chi connectivity index (χ3v) is 3.73. The molecule has 0 spiro atoms. The van der Waals surface area contributed by atoms with Gasteiger partial charge in [0.05, 0.1) is 11.3 Å². The molecule has 0 aliphatic carbocycles. The van der Waals surface area contributed by atoms with Crippen molar-refractivity contribution in [2.75, 3.05) is 14.1 Å². The van der Waals surface area contributed by atoms with E-state index >= 15 is 0 Å². The van der Waals surface area contributed by atoms with Crippen molar-refractivity contribution in [3.63, 3.8) is 0 Å². The second-order valence-corrected chi connectivity index (χ2v) is 5.90. The Labute approximate surface area is 146 Å². The highest BCUT2D eigenvalue weighted by Gasteiger charge is 2.22. The van der Waals surface area contributed by atoms with Gasteiger partial charge in [0.2, 0.25) is 0 Å². The number of allylic oxidation sites excluding steroid dienone is 1. The van der Waals surface area contributed by atoms with Crippen molar-refractivity contribution in [2.24, 2.45) is 0 Å². The number of Topliss-reactive ketones (excluding diaryl/α,β-unsaturated/α-hetero) is 1. The molecule has 0 unspecified atom stereocenters.